The fraction of sp³-hybridized carbons (Fsp3) is 0.400. The number of hydrogen-bond donors (Lipinski definition) is 7. The van der Waals surface area contributed by atoms with Gasteiger partial charge in [-0.2, -0.15) is 11.8 Å². The summed E-state index contributed by atoms with van der Waals surface area (Å²) in [5, 5.41) is 30.8. The van der Waals surface area contributed by atoms with Crippen molar-refractivity contribution in [3.63, 3.8) is 0 Å². The van der Waals surface area contributed by atoms with E-state index in [1.165, 1.54) is 56.1 Å². The first-order valence-electron chi connectivity index (χ1n) is 23.5. The van der Waals surface area contributed by atoms with Gasteiger partial charge in [-0.25, -0.2) is 14.5 Å². The first kappa shape index (κ1) is 56.9. The van der Waals surface area contributed by atoms with Crippen LogP contribution in [0.5, 0.6) is 5.75 Å². The summed E-state index contributed by atoms with van der Waals surface area (Å²) >= 11 is 1.15. The summed E-state index contributed by atoms with van der Waals surface area (Å²) in [6.07, 6.45) is 3.49. The number of urea groups is 1. The number of carbonyl (C=O) groups is 10. The van der Waals surface area contributed by atoms with Gasteiger partial charge in [-0.15, -0.1) is 0 Å². The zero-order valence-electron chi connectivity index (χ0n) is 41.3. The zero-order valence-corrected chi connectivity index (χ0v) is 42.1. The Hall–Kier alpha value is -7.99. The number of Topliss-reactive ketones (excluding diaryl/α,β-unsaturated/α-hetero) is 1. The van der Waals surface area contributed by atoms with Crippen molar-refractivity contribution in [3.05, 3.63) is 102 Å². The summed E-state index contributed by atoms with van der Waals surface area (Å²) in [6, 6.07) is 6.34. The van der Waals surface area contributed by atoms with Crippen molar-refractivity contribution >= 4 is 82.4 Å². The number of hydrogen-bond acceptors (Lipinski definition) is 14. The van der Waals surface area contributed by atoms with Crippen molar-refractivity contribution in [2.24, 2.45) is 23.3 Å². The van der Waals surface area contributed by atoms with Gasteiger partial charge in [0.2, 0.25) is 35.4 Å². The molecular formula is C50H62N10O13S. The minimum Gasteiger partial charge on any atom is -0.505 e. The fourth-order valence-corrected chi connectivity index (χ4v) is 9.06. The average molecular weight is 1040 g/mol. The van der Waals surface area contributed by atoms with Crippen molar-refractivity contribution in [1.82, 2.24) is 30.2 Å². The zero-order chi connectivity index (χ0) is 54.4. The average Bonchev–Trinajstić information content (AvgIpc) is 3.78. The molecule has 0 saturated carbocycles. The van der Waals surface area contributed by atoms with E-state index in [0.29, 0.717) is 22.4 Å². The van der Waals surface area contributed by atoms with E-state index in [-0.39, 0.29) is 99.8 Å². The number of nitrogens with two attached hydrogens (primary N) is 2. The highest BCUT2D eigenvalue weighted by molar-refractivity contribution is 7.99. The Labute approximate surface area is 431 Å². The molecule has 0 unspecified atom stereocenters. The molecule has 0 radical (unpaired) electrons. The fourth-order valence-electron chi connectivity index (χ4n) is 8.33. The van der Waals surface area contributed by atoms with Crippen LogP contribution in [0.1, 0.15) is 67.4 Å². The van der Waals surface area contributed by atoms with E-state index < -0.39 is 83.3 Å². The number of rotatable bonds is 22. The number of thioether (sulfide) groups is 1. The SMILES string of the molecule is C=CC(=O)N1CN(C(=O)C=C)CN(C(=O)CCSCC(=O)N[C@H](C(=O)C[C@@H](CCCNC(N)=O)C(=O)Nc2ccc(COC(=O)N3c4c(ccc(C)c4O)C(=O)N4C=C(/C=C/C(N)=O)C[C@H]4[C@@H]3O)cc2)C(C)C)C1. The van der Waals surface area contributed by atoms with E-state index in [0.717, 1.165) is 34.9 Å². The number of aryl methyl sites for hydroxylation is 1. The van der Waals surface area contributed by atoms with Gasteiger partial charge < -0.3 is 62.0 Å². The van der Waals surface area contributed by atoms with Crippen LogP contribution >= 0.6 is 11.8 Å². The van der Waals surface area contributed by atoms with Crippen LogP contribution in [0.2, 0.25) is 0 Å². The number of phenolic OH excluding ortho intramolecular Hbond substituents is 1. The Balaban J connectivity index is 1.18. The lowest BCUT2D eigenvalue weighted by molar-refractivity contribution is -0.154. The summed E-state index contributed by atoms with van der Waals surface area (Å²) in [4.78, 5) is 135. The third kappa shape index (κ3) is 14.8. The lowest BCUT2D eigenvalue weighted by Gasteiger charge is -2.41. The Morgan fingerprint density at radius 1 is 0.932 bits per heavy atom. The maximum atomic E-state index is 13.9. The van der Waals surface area contributed by atoms with Crippen molar-refractivity contribution < 1.29 is 62.9 Å². The van der Waals surface area contributed by atoms with E-state index in [9.17, 15) is 58.2 Å². The van der Waals surface area contributed by atoms with Crippen LogP contribution in [0.3, 0.4) is 0 Å². The Morgan fingerprint density at radius 2 is 1.58 bits per heavy atom. The number of fused-ring (bicyclic) bond motifs is 2. The van der Waals surface area contributed by atoms with E-state index >= 15 is 0 Å². The summed E-state index contributed by atoms with van der Waals surface area (Å²) in [6.45, 7) is 11.6. The van der Waals surface area contributed by atoms with Gasteiger partial charge in [0, 0.05) is 49.0 Å². The number of aromatic hydroxyl groups is 1. The summed E-state index contributed by atoms with van der Waals surface area (Å²) < 4.78 is 5.62. The molecule has 396 valence electrons. The highest BCUT2D eigenvalue weighted by Gasteiger charge is 2.46. The van der Waals surface area contributed by atoms with Crippen molar-refractivity contribution in [3.8, 4) is 5.75 Å². The lowest BCUT2D eigenvalue weighted by atomic mass is 9.89. The number of aliphatic hydroxyl groups is 1. The summed E-state index contributed by atoms with van der Waals surface area (Å²) in [5.74, 6) is -5.64. The number of nitrogens with zero attached hydrogens (tertiary/aromatic N) is 5. The van der Waals surface area contributed by atoms with E-state index in [2.05, 4.69) is 29.1 Å². The molecule has 3 aliphatic rings. The second-order valence-corrected chi connectivity index (χ2v) is 19.1. The molecule has 23 nitrogen and oxygen atoms in total. The molecule has 0 bridgehead atoms. The maximum absolute atomic E-state index is 13.9. The second-order valence-electron chi connectivity index (χ2n) is 18.0. The Kier molecular flexibility index (Phi) is 20.1. The van der Waals surface area contributed by atoms with Crippen LogP contribution in [0, 0.1) is 18.8 Å². The van der Waals surface area contributed by atoms with Crippen molar-refractivity contribution in [2.45, 2.75) is 77.8 Å². The molecule has 1 saturated heterocycles. The molecule has 5 rings (SSSR count). The third-order valence-electron chi connectivity index (χ3n) is 12.2. The molecular weight excluding hydrogens is 981 g/mol. The predicted octanol–water partition coefficient (Wildman–Crippen LogP) is 2.29. The Bertz CT molecular complexity index is 2580. The van der Waals surface area contributed by atoms with Gasteiger partial charge in [0.15, 0.2) is 12.0 Å². The van der Waals surface area contributed by atoms with Crippen LogP contribution < -0.4 is 32.3 Å². The normalized spacial score (nSPS) is 17.1. The highest BCUT2D eigenvalue weighted by atomic mass is 32.2. The van der Waals surface area contributed by atoms with Gasteiger partial charge >= 0.3 is 12.1 Å². The number of benzene rings is 2. The second kappa shape index (κ2) is 26.1. The lowest BCUT2D eigenvalue weighted by Crippen LogP contribution is -2.59. The maximum Gasteiger partial charge on any atom is 0.416 e. The van der Waals surface area contributed by atoms with Gasteiger partial charge in [0.1, 0.15) is 18.0 Å². The topological polar surface area (TPSA) is 325 Å². The smallest absolute Gasteiger partial charge is 0.416 e. The van der Waals surface area contributed by atoms with E-state index in [1.807, 2.05) is 0 Å². The first-order valence-corrected chi connectivity index (χ1v) is 24.7. The molecule has 9 N–H and O–H groups in total. The van der Waals surface area contributed by atoms with Crippen LogP contribution in [-0.4, -0.2) is 145 Å². The monoisotopic (exact) mass is 1040 g/mol. The predicted molar refractivity (Wildman–Crippen MR) is 272 cm³/mol. The van der Waals surface area contributed by atoms with Gasteiger partial charge in [0.05, 0.1) is 43.4 Å². The number of primary amides is 2. The molecule has 1 fully saturated rings. The third-order valence-corrected chi connectivity index (χ3v) is 13.2. The quantitative estimate of drug-likeness (QED) is 0.0658. The molecule has 0 spiro atoms. The minimum atomic E-state index is -1.71. The molecule has 3 heterocycles. The largest absolute Gasteiger partial charge is 0.505 e. The molecule has 0 aliphatic carbocycles. The number of allylic oxidation sites excluding steroid dienone is 1. The van der Waals surface area contributed by atoms with Gasteiger partial charge in [-0.3, -0.25) is 38.4 Å². The molecule has 2 aromatic rings. The molecule has 3 aliphatic heterocycles. The number of aliphatic hydroxyl groups excluding tert-OH is 1. The van der Waals surface area contributed by atoms with Crippen molar-refractivity contribution in [2.75, 3.05) is 48.3 Å². The van der Waals surface area contributed by atoms with Crippen LogP contribution in [-0.2, 0) is 44.9 Å². The number of nitrogens with one attached hydrogen (secondary N) is 3. The number of ether oxygens (including phenoxy) is 1. The highest BCUT2D eigenvalue weighted by Crippen LogP contribution is 2.42. The summed E-state index contributed by atoms with van der Waals surface area (Å²) in [7, 11) is 0. The Morgan fingerprint density at radius 3 is 2.19 bits per heavy atom. The molecule has 10 amide bonds. The van der Waals surface area contributed by atoms with Gasteiger partial charge in [-0.05, 0) is 79.2 Å². The first-order chi connectivity index (χ1) is 35.1. The number of anilines is 2. The number of amides is 10. The van der Waals surface area contributed by atoms with Crippen LogP contribution in [0.15, 0.2) is 85.6 Å². The molecule has 4 atom stereocenters. The van der Waals surface area contributed by atoms with Gasteiger partial charge in [0.25, 0.3) is 5.91 Å². The van der Waals surface area contributed by atoms with Crippen LogP contribution in [0.25, 0.3) is 0 Å². The van der Waals surface area contributed by atoms with E-state index in [4.69, 9.17) is 16.2 Å². The molecule has 24 heteroatoms. The molecule has 2 aromatic carbocycles. The molecule has 74 heavy (non-hydrogen) atoms. The number of ketones is 1. The van der Waals surface area contributed by atoms with Gasteiger partial charge in [-0.1, -0.05) is 51.3 Å². The number of phenols is 1. The molecule has 0 aromatic heterocycles. The van der Waals surface area contributed by atoms with E-state index in [1.54, 1.807) is 32.9 Å². The summed E-state index contributed by atoms with van der Waals surface area (Å²) in [5.41, 5.74) is 11.7. The van der Waals surface area contributed by atoms with Crippen LogP contribution in [0.4, 0.5) is 21.0 Å². The minimum absolute atomic E-state index is 0.0103. The van der Waals surface area contributed by atoms with Crippen molar-refractivity contribution in [1.29, 1.82) is 0 Å². The number of carbonyl (C=O) groups excluding carboxylic acids is 10. The standard InChI is InChI=1S/C50H62N10O13S/c1-6-40(64)56-26-57(41(65)7-2)28-58(27-56)42(66)18-20-74-25-39(63)55-43(29(3)4)37(61)22-33(9-8-19-53-49(52)71)46(68)54-34-14-11-31(12-15-34)24-73-50(72)60-44-35(16-10-30(5)45(44)67)47(69)59-23-32(13-17-38(51)62)21-36(59)48(60)70/h6-7,10-17,23,29,33,36,43,48,67,70H,1-2,8-9,18-22,24-28H2,3-5H3,(H2,51,62)(H,54,68)(H,55,63)(H3,52,53,71)/b17-13+/t33-,36+,43+,48+/m1/s1.